The SMILES string of the molecule is CC[C@H](C)[C@H](NC(=O)[C@@H](CC(C)C)NC(=O)OCc1ccccc1)C(=O)O. The van der Waals surface area contributed by atoms with Crippen LogP contribution in [-0.2, 0) is 20.9 Å². The molecule has 1 aromatic rings. The first-order valence-electron chi connectivity index (χ1n) is 9.24. The minimum Gasteiger partial charge on any atom is -0.480 e. The highest BCUT2D eigenvalue weighted by Crippen LogP contribution is 2.11. The standard InChI is InChI=1S/C20H30N2O5/c1-5-14(4)17(19(24)25)22-18(23)16(11-13(2)3)21-20(26)27-12-15-9-7-6-8-10-15/h6-10,13-14,16-17H,5,11-12H2,1-4H3,(H,21,26)(H,22,23)(H,24,25)/t14-,16+,17-/m0/s1. The number of amides is 2. The Hall–Kier alpha value is -2.57. The van der Waals surface area contributed by atoms with Gasteiger partial charge in [0.1, 0.15) is 18.7 Å². The lowest BCUT2D eigenvalue weighted by Gasteiger charge is -2.25. The second-order valence-electron chi connectivity index (χ2n) is 7.10. The van der Waals surface area contributed by atoms with Gasteiger partial charge in [-0.3, -0.25) is 4.79 Å². The summed E-state index contributed by atoms with van der Waals surface area (Å²) >= 11 is 0. The molecular formula is C20H30N2O5. The van der Waals surface area contributed by atoms with Crippen LogP contribution in [0.3, 0.4) is 0 Å². The zero-order chi connectivity index (χ0) is 20.4. The Morgan fingerprint density at radius 2 is 1.70 bits per heavy atom. The van der Waals surface area contributed by atoms with E-state index in [9.17, 15) is 19.5 Å². The zero-order valence-electron chi connectivity index (χ0n) is 16.4. The Balaban J connectivity index is 2.71. The highest BCUT2D eigenvalue weighted by molar-refractivity contribution is 5.89. The van der Waals surface area contributed by atoms with Crippen LogP contribution in [0.15, 0.2) is 30.3 Å². The van der Waals surface area contributed by atoms with Gasteiger partial charge in [-0.15, -0.1) is 0 Å². The van der Waals surface area contributed by atoms with Crippen molar-refractivity contribution >= 4 is 18.0 Å². The third-order valence-corrected chi connectivity index (χ3v) is 4.31. The van der Waals surface area contributed by atoms with E-state index in [1.54, 1.807) is 6.92 Å². The molecule has 0 heterocycles. The molecule has 7 heteroatoms. The van der Waals surface area contributed by atoms with Crippen molar-refractivity contribution in [3.63, 3.8) is 0 Å². The molecule has 0 aliphatic heterocycles. The number of benzene rings is 1. The Morgan fingerprint density at radius 1 is 1.07 bits per heavy atom. The van der Waals surface area contributed by atoms with Crippen LogP contribution >= 0.6 is 0 Å². The minimum atomic E-state index is -1.09. The van der Waals surface area contributed by atoms with E-state index in [0.717, 1.165) is 5.56 Å². The number of rotatable bonds is 10. The highest BCUT2D eigenvalue weighted by atomic mass is 16.5. The summed E-state index contributed by atoms with van der Waals surface area (Å²) in [6, 6.07) is 7.34. The number of alkyl carbamates (subject to hydrolysis) is 1. The molecule has 7 nitrogen and oxygen atoms in total. The van der Waals surface area contributed by atoms with Gasteiger partial charge in [0, 0.05) is 0 Å². The largest absolute Gasteiger partial charge is 0.480 e. The van der Waals surface area contributed by atoms with Crippen molar-refractivity contribution in [1.29, 1.82) is 0 Å². The van der Waals surface area contributed by atoms with Crippen molar-refractivity contribution in [2.24, 2.45) is 11.8 Å². The van der Waals surface area contributed by atoms with E-state index < -0.39 is 30.1 Å². The van der Waals surface area contributed by atoms with Crippen LogP contribution in [0.25, 0.3) is 0 Å². The summed E-state index contributed by atoms with van der Waals surface area (Å²) in [6.45, 7) is 7.55. The molecule has 0 spiro atoms. The van der Waals surface area contributed by atoms with Gasteiger partial charge >= 0.3 is 12.1 Å². The van der Waals surface area contributed by atoms with Crippen LogP contribution in [0.4, 0.5) is 4.79 Å². The highest BCUT2D eigenvalue weighted by Gasteiger charge is 2.30. The second-order valence-corrected chi connectivity index (χ2v) is 7.10. The molecule has 0 aromatic heterocycles. The van der Waals surface area contributed by atoms with E-state index in [-0.39, 0.29) is 18.4 Å². The molecule has 0 unspecified atom stereocenters. The lowest BCUT2D eigenvalue weighted by molar-refractivity contribution is -0.143. The molecule has 150 valence electrons. The van der Waals surface area contributed by atoms with E-state index in [4.69, 9.17) is 4.74 Å². The van der Waals surface area contributed by atoms with Crippen LogP contribution in [0.5, 0.6) is 0 Å². The summed E-state index contributed by atoms with van der Waals surface area (Å²) in [5.74, 6) is -1.71. The lowest BCUT2D eigenvalue weighted by atomic mass is 9.97. The van der Waals surface area contributed by atoms with Crippen LogP contribution in [0, 0.1) is 11.8 Å². The Morgan fingerprint density at radius 3 is 2.22 bits per heavy atom. The smallest absolute Gasteiger partial charge is 0.408 e. The van der Waals surface area contributed by atoms with E-state index in [1.165, 1.54) is 0 Å². The predicted octanol–water partition coefficient (Wildman–Crippen LogP) is 2.94. The first-order chi connectivity index (χ1) is 12.7. The third-order valence-electron chi connectivity index (χ3n) is 4.31. The molecule has 2 amide bonds. The summed E-state index contributed by atoms with van der Waals surface area (Å²) in [5.41, 5.74) is 0.834. The van der Waals surface area contributed by atoms with Gasteiger partial charge in [0.2, 0.25) is 5.91 Å². The normalized spacial score (nSPS) is 14.1. The molecule has 1 rings (SSSR count). The van der Waals surface area contributed by atoms with Crippen LogP contribution < -0.4 is 10.6 Å². The van der Waals surface area contributed by atoms with Crippen molar-refractivity contribution < 1.29 is 24.2 Å². The molecule has 27 heavy (non-hydrogen) atoms. The minimum absolute atomic E-state index is 0.0906. The summed E-state index contributed by atoms with van der Waals surface area (Å²) in [7, 11) is 0. The molecule has 3 atom stereocenters. The molecule has 0 saturated carbocycles. The topological polar surface area (TPSA) is 105 Å². The number of carboxylic acid groups (broad SMARTS) is 1. The number of carboxylic acids is 1. The molecule has 3 N–H and O–H groups in total. The third kappa shape index (κ3) is 8.11. The van der Waals surface area contributed by atoms with E-state index in [2.05, 4.69) is 10.6 Å². The van der Waals surface area contributed by atoms with Gasteiger partial charge in [-0.05, 0) is 23.8 Å². The Bertz CT molecular complexity index is 618. The zero-order valence-corrected chi connectivity index (χ0v) is 16.4. The van der Waals surface area contributed by atoms with Crippen molar-refractivity contribution in [2.75, 3.05) is 0 Å². The van der Waals surface area contributed by atoms with Gasteiger partial charge in [-0.2, -0.15) is 0 Å². The van der Waals surface area contributed by atoms with Gasteiger partial charge < -0.3 is 20.5 Å². The molecule has 1 aromatic carbocycles. The second kappa shape index (κ2) is 11.2. The summed E-state index contributed by atoms with van der Waals surface area (Å²) in [4.78, 5) is 36.1. The monoisotopic (exact) mass is 378 g/mol. The maximum absolute atomic E-state index is 12.6. The molecule has 0 radical (unpaired) electrons. The Labute approximate surface area is 160 Å². The molecule has 0 saturated heterocycles. The number of hydrogen-bond donors (Lipinski definition) is 3. The molecule has 0 aliphatic rings. The van der Waals surface area contributed by atoms with Crippen molar-refractivity contribution in [3.05, 3.63) is 35.9 Å². The van der Waals surface area contributed by atoms with E-state index in [1.807, 2.05) is 51.1 Å². The first kappa shape index (κ1) is 22.5. The van der Waals surface area contributed by atoms with Crippen molar-refractivity contribution in [2.45, 2.75) is 59.2 Å². The predicted molar refractivity (Wildman–Crippen MR) is 102 cm³/mol. The lowest BCUT2D eigenvalue weighted by Crippen LogP contribution is -2.53. The summed E-state index contributed by atoms with van der Waals surface area (Å²) in [6.07, 6.45) is 0.271. The molecule has 0 aliphatic carbocycles. The number of nitrogens with one attached hydrogen (secondary N) is 2. The molecular weight excluding hydrogens is 348 g/mol. The maximum Gasteiger partial charge on any atom is 0.408 e. The average Bonchev–Trinajstić information content (AvgIpc) is 2.63. The summed E-state index contributed by atoms with van der Waals surface area (Å²) < 4.78 is 5.16. The maximum atomic E-state index is 12.6. The number of hydrogen-bond acceptors (Lipinski definition) is 4. The number of carbonyl (C=O) groups is 3. The van der Waals surface area contributed by atoms with Crippen LogP contribution in [-0.4, -0.2) is 35.2 Å². The fraction of sp³-hybridized carbons (Fsp3) is 0.550. The van der Waals surface area contributed by atoms with Gasteiger partial charge in [-0.25, -0.2) is 9.59 Å². The van der Waals surface area contributed by atoms with Crippen molar-refractivity contribution in [3.8, 4) is 0 Å². The number of ether oxygens (including phenoxy) is 1. The molecule has 0 bridgehead atoms. The van der Waals surface area contributed by atoms with Gasteiger partial charge in [0.25, 0.3) is 0 Å². The number of aliphatic carboxylic acids is 1. The quantitative estimate of drug-likeness (QED) is 0.581. The van der Waals surface area contributed by atoms with Crippen molar-refractivity contribution in [1.82, 2.24) is 10.6 Å². The van der Waals surface area contributed by atoms with E-state index in [0.29, 0.717) is 12.8 Å². The molecule has 0 fully saturated rings. The fourth-order valence-electron chi connectivity index (χ4n) is 2.55. The average molecular weight is 378 g/mol. The Kier molecular flexibility index (Phi) is 9.33. The van der Waals surface area contributed by atoms with Crippen LogP contribution in [0.2, 0.25) is 0 Å². The summed E-state index contributed by atoms with van der Waals surface area (Å²) in [5, 5.41) is 14.4. The van der Waals surface area contributed by atoms with Gasteiger partial charge in [-0.1, -0.05) is 64.4 Å². The van der Waals surface area contributed by atoms with Gasteiger partial charge in [0.05, 0.1) is 0 Å². The van der Waals surface area contributed by atoms with Gasteiger partial charge in [0.15, 0.2) is 0 Å². The number of carbonyl (C=O) groups excluding carboxylic acids is 2. The van der Waals surface area contributed by atoms with Crippen LogP contribution in [0.1, 0.15) is 46.1 Å². The first-order valence-corrected chi connectivity index (χ1v) is 9.24. The fourth-order valence-corrected chi connectivity index (χ4v) is 2.55. The van der Waals surface area contributed by atoms with E-state index >= 15 is 0 Å².